The maximum absolute atomic E-state index is 11.6. The summed E-state index contributed by atoms with van der Waals surface area (Å²) in [4.78, 5) is 16.6. The Morgan fingerprint density at radius 3 is 2.70 bits per heavy atom. The molecule has 2 aromatic carbocycles. The number of hydrogen-bond acceptors (Lipinski definition) is 3. The molecule has 0 fully saturated rings. The molecule has 5 nitrogen and oxygen atoms in total. The second-order valence-electron chi connectivity index (χ2n) is 4.85. The van der Waals surface area contributed by atoms with Crippen LogP contribution in [0.5, 0.6) is 0 Å². The van der Waals surface area contributed by atoms with Gasteiger partial charge < -0.3 is 15.9 Å². The van der Waals surface area contributed by atoms with Gasteiger partial charge in [0, 0.05) is 17.1 Å². The Balaban J connectivity index is 1.71. The highest BCUT2D eigenvalue weighted by Crippen LogP contribution is 2.10. The Bertz CT molecular complexity index is 675. The molecule has 0 aliphatic heterocycles. The number of hydrogen-bond donors (Lipinski definition) is 2. The van der Waals surface area contributed by atoms with Gasteiger partial charge in [0.05, 0.1) is 0 Å². The van der Waals surface area contributed by atoms with E-state index in [4.69, 9.17) is 22.2 Å². The number of rotatable bonds is 7. The van der Waals surface area contributed by atoms with E-state index in [1.807, 2.05) is 30.3 Å². The number of halogens is 1. The molecule has 0 aliphatic carbocycles. The van der Waals surface area contributed by atoms with Crippen molar-refractivity contribution >= 4 is 23.3 Å². The molecule has 23 heavy (non-hydrogen) atoms. The zero-order chi connectivity index (χ0) is 16.5. The summed E-state index contributed by atoms with van der Waals surface area (Å²) < 4.78 is 0. The van der Waals surface area contributed by atoms with E-state index >= 15 is 0 Å². The predicted octanol–water partition coefficient (Wildman–Crippen LogP) is 2.34. The van der Waals surface area contributed by atoms with Crippen molar-refractivity contribution < 1.29 is 9.63 Å². The van der Waals surface area contributed by atoms with E-state index in [1.54, 1.807) is 24.3 Å². The van der Waals surface area contributed by atoms with E-state index < -0.39 is 0 Å². The topological polar surface area (TPSA) is 76.7 Å². The number of oxime groups is 1. The summed E-state index contributed by atoms with van der Waals surface area (Å²) >= 11 is 5.87. The maximum Gasteiger partial charge on any atom is 0.260 e. The monoisotopic (exact) mass is 331 g/mol. The maximum atomic E-state index is 11.6. The third-order valence-corrected chi connectivity index (χ3v) is 3.29. The average molecular weight is 332 g/mol. The molecule has 0 aliphatic rings. The summed E-state index contributed by atoms with van der Waals surface area (Å²) in [6, 6.07) is 16.8. The van der Waals surface area contributed by atoms with Crippen LogP contribution in [0.2, 0.25) is 5.02 Å². The minimum atomic E-state index is -0.247. The quantitative estimate of drug-likeness (QED) is 0.464. The number of nitrogens with two attached hydrogens (primary N) is 1. The Morgan fingerprint density at radius 1 is 1.17 bits per heavy atom. The summed E-state index contributed by atoms with van der Waals surface area (Å²) in [5.41, 5.74) is 7.57. The molecule has 0 atom stereocenters. The van der Waals surface area contributed by atoms with Gasteiger partial charge in [-0.3, -0.25) is 4.79 Å². The van der Waals surface area contributed by atoms with E-state index in [-0.39, 0.29) is 18.3 Å². The fraction of sp³-hybridized carbons (Fsp3) is 0.176. The Hall–Kier alpha value is -2.53. The molecule has 3 N–H and O–H groups in total. The molecular formula is C17H18ClN3O2. The van der Waals surface area contributed by atoms with Gasteiger partial charge in [-0.05, 0) is 24.1 Å². The third kappa shape index (κ3) is 6.00. The van der Waals surface area contributed by atoms with Gasteiger partial charge in [0.1, 0.15) is 0 Å². The first-order chi connectivity index (χ1) is 11.1. The molecule has 6 heteroatoms. The van der Waals surface area contributed by atoms with Gasteiger partial charge >= 0.3 is 0 Å². The Labute approximate surface area is 140 Å². The summed E-state index contributed by atoms with van der Waals surface area (Å²) in [5, 5.41) is 7.03. The van der Waals surface area contributed by atoms with Crippen molar-refractivity contribution in [1.82, 2.24) is 5.32 Å². The van der Waals surface area contributed by atoms with Crippen LogP contribution in [-0.4, -0.2) is 24.9 Å². The molecule has 0 saturated heterocycles. The van der Waals surface area contributed by atoms with Crippen molar-refractivity contribution in [3.63, 3.8) is 0 Å². The molecule has 1 amide bonds. The number of nitrogens with one attached hydrogen (secondary N) is 1. The van der Waals surface area contributed by atoms with Crippen LogP contribution in [0.15, 0.2) is 59.8 Å². The summed E-state index contributed by atoms with van der Waals surface area (Å²) in [7, 11) is 0. The number of benzene rings is 2. The highest BCUT2D eigenvalue weighted by molar-refractivity contribution is 6.31. The van der Waals surface area contributed by atoms with Gasteiger partial charge in [0.2, 0.25) is 0 Å². The van der Waals surface area contributed by atoms with E-state index in [0.717, 1.165) is 12.0 Å². The second-order valence-corrected chi connectivity index (χ2v) is 5.28. The molecular weight excluding hydrogens is 314 g/mol. The van der Waals surface area contributed by atoms with Crippen LogP contribution >= 0.6 is 11.6 Å². The first-order valence-corrected chi connectivity index (χ1v) is 7.55. The molecule has 0 unspecified atom stereocenters. The minimum Gasteiger partial charge on any atom is -0.384 e. The van der Waals surface area contributed by atoms with Crippen molar-refractivity contribution in [3.8, 4) is 0 Å². The van der Waals surface area contributed by atoms with Crippen LogP contribution in [0, 0.1) is 0 Å². The Kier molecular flexibility index (Phi) is 6.44. The third-order valence-electron chi connectivity index (χ3n) is 3.06. The predicted molar refractivity (Wildman–Crippen MR) is 91.3 cm³/mol. The molecule has 0 aromatic heterocycles. The number of carbonyl (C=O) groups excluding carboxylic acids is 1. The van der Waals surface area contributed by atoms with Gasteiger partial charge in [0.25, 0.3) is 5.91 Å². The van der Waals surface area contributed by atoms with Crippen LogP contribution in [0.4, 0.5) is 0 Å². The molecule has 0 radical (unpaired) electrons. The van der Waals surface area contributed by atoms with Crippen molar-refractivity contribution in [3.05, 3.63) is 70.7 Å². The van der Waals surface area contributed by atoms with Crippen LogP contribution in [-0.2, 0) is 16.1 Å². The Morgan fingerprint density at radius 2 is 1.96 bits per heavy atom. The smallest absolute Gasteiger partial charge is 0.260 e. The first kappa shape index (κ1) is 16.8. The number of nitrogens with zero attached hydrogens (tertiary/aromatic N) is 1. The van der Waals surface area contributed by atoms with Crippen LogP contribution in [0.25, 0.3) is 0 Å². The largest absolute Gasteiger partial charge is 0.384 e. The molecule has 0 saturated carbocycles. The lowest BCUT2D eigenvalue weighted by Crippen LogP contribution is -2.29. The lowest BCUT2D eigenvalue weighted by Gasteiger charge is -2.05. The van der Waals surface area contributed by atoms with Crippen LogP contribution < -0.4 is 11.1 Å². The number of amidine groups is 1. The highest BCUT2D eigenvalue weighted by Gasteiger charge is 2.03. The molecule has 2 rings (SSSR count). The summed E-state index contributed by atoms with van der Waals surface area (Å²) in [6.45, 7) is 0.357. The second kappa shape index (κ2) is 8.80. The fourth-order valence-corrected chi connectivity index (χ4v) is 2.09. The molecule has 0 heterocycles. The lowest BCUT2D eigenvalue weighted by atomic mass is 10.1. The van der Waals surface area contributed by atoms with Gasteiger partial charge in [-0.15, -0.1) is 0 Å². The van der Waals surface area contributed by atoms with Crippen LogP contribution in [0.1, 0.15) is 11.1 Å². The lowest BCUT2D eigenvalue weighted by molar-refractivity contribution is -0.125. The number of carbonyl (C=O) groups is 1. The van der Waals surface area contributed by atoms with Gasteiger partial charge in [-0.2, -0.15) is 0 Å². The highest BCUT2D eigenvalue weighted by atomic mass is 35.5. The zero-order valence-corrected chi connectivity index (χ0v) is 13.3. The fourth-order valence-electron chi connectivity index (χ4n) is 1.90. The van der Waals surface area contributed by atoms with Gasteiger partial charge in [-0.25, -0.2) is 0 Å². The molecule has 0 bridgehead atoms. The normalized spacial score (nSPS) is 11.1. The molecule has 2 aromatic rings. The SMILES string of the molecule is N/C(=N\OCC(=O)NCCc1ccccc1)c1cccc(Cl)c1. The summed E-state index contributed by atoms with van der Waals surface area (Å²) in [6.07, 6.45) is 0.764. The van der Waals surface area contributed by atoms with E-state index in [0.29, 0.717) is 17.1 Å². The van der Waals surface area contributed by atoms with Crippen molar-refractivity contribution in [2.45, 2.75) is 6.42 Å². The average Bonchev–Trinajstić information content (AvgIpc) is 2.56. The minimum absolute atomic E-state index is 0.171. The first-order valence-electron chi connectivity index (χ1n) is 7.17. The van der Waals surface area contributed by atoms with E-state index in [1.165, 1.54) is 0 Å². The van der Waals surface area contributed by atoms with Gasteiger partial charge in [0.15, 0.2) is 12.4 Å². The zero-order valence-electron chi connectivity index (χ0n) is 12.5. The van der Waals surface area contributed by atoms with Crippen molar-refractivity contribution in [1.29, 1.82) is 0 Å². The van der Waals surface area contributed by atoms with E-state index in [2.05, 4.69) is 10.5 Å². The van der Waals surface area contributed by atoms with Crippen molar-refractivity contribution in [2.24, 2.45) is 10.9 Å². The molecule has 0 spiro atoms. The van der Waals surface area contributed by atoms with Crippen LogP contribution in [0.3, 0.4) is 0 Å². The van der Waals surface area contributed by atoms with Gasteiger partial charge in [-0.1, -0.05) is 59.2 Å². The summed E-state index contributed by atoms with van der Waals surface area (Å²) in [5.74, 6) is -0.0758. The van der Waals surface area contributed by atoms with E-state index in [9.17, 15) is 4.79 Å². The van der Waals surface area contributed by atoms with Crippen molar-refractivity contribution in [2.75, 3.05) is 13.2 Å². The number of amides is 1. The molecule has 120 valence electrons. The standard InChI is InChI=1S/C17H18ClN3O2/c18-15-8-4-7-14(11-15)17(19)21-23-12-16(22)20-10-9-13-5-2-1-3-6-13/h1-8,11H,9-10,12H2,(H2,19,21)(H,20,22).